The normalized spacial score (nSPS) is 11.4. The molecule has 0 saturated carbocycles. The van der Waals surface area contributed by atoms with Gasteiger partial charge in [0.05, 0.1) is 11.6 Å². The van der Waals surface area contributed by atoms with Crippen molar-refractivity contribution in [3.63, 3.8) is 0 Å². The van der Waals surface area contributed by atoms with E-state index < -0.39 is 0 Å². The number of fused-ring (bicyclic) bond motifs is 1. The number of hydrogen-bond acceptors (Lipinski definition) is 6. The Balaban J connectivity index is 1.57. The number of benzene rings is 2. The highest BCUT2D eigenvalue weighted by atomic mass is 79.9. The molecule has 4 aromatic rings. The molecule has 0 fully saturated rings. The average molecular weight is 577 g/mol. The molecule has 0 aliphatic heterocycles. The Morgan fingerprint density at radius 1 is 1.25 bits per heavy atom. The average Bonchev–Trinajstić information content (AvgIpc) is 3.34. The number of aromatic nitrogens is 4. The van der Waals surface area contributed by atoms with E-state index in [0.717, 1.165) is 53.5 Å². The molecule has 2 aromatic carbocycles. The van der Waals surface area contributed by atoms with E-state index in [0.29, 0.717) is 5.75 Å². The predicted octanol–water partition coefficient (Wildman–Crippen LogP) is 5.91. The first-order chi connectivity index (χ1) is 15.4. The molecule has 0 radical (unpaired) electrons. The maximum Gasteiger partial charge on any atom is 0.248 e. The zero-order valence-corrected chi connectivity index (χ0v) is 21.5. The number of anilines is 1. The lowest BCUT2D eigenvalue weighted by Crippen LogP contribution is -2.09. The van der Waals surface area contributed by atoms with Crippen molar-refractivity contribution < 1.29 is 9.53 Å². The standard InChI is InChI=1S/C22H19Br2N5O2S/c1-4-18-26-27-22-29(18)28-21(32-22)14-6-5-12(2)17(10-14)25-19(30)8-7-13-9-15(23)11-16(24)20(13)31-3/h5-11H,4H2,1-3H3,(H,25,30). The van der Waals surface area contributed by atoms with Crippen molar-refractivity contribution in [2.45, 2.75) is 20.3 Å². The van der Waals surface area contributed by atoms with E-state index in [1.54, 1.807) is 17.7 Å². The minimum absolute atomic E-state index is 0.241. The lowest BCUT2D eigenvalue weighted by atomic mass is 10.1. The van der Waals surface area contributed by atoms with Gasteiger partial charge in [-0.3, -0.25) is 4.79 Å². The number of carbonyl (C=O) groups excluding carboxylic acids is 1. The van der Waals surface area contributed by atoms with Crippen LogP contribution in [0.25, 0.3) is 21.6 Å². The third-order valence-electron chi connectivity index (χ3n) is 4.77. The molecule has 10 heteroatoms. The summed E-state index contributed by atoms with van der Waals surface area (Å²) < 4.78 is 8.88. The van der Waals surface area contributed by atoms with E-state index in [1.165, 1.54) is 17.4 Å². The summed E-state index contributed by atoms with van der Waals surface area (Å²) in [5.74, 6) is 1.24. The monoisotopic (exact) mass is 575 g/mol. The minimum Gasteiger partial charge on any atom is -0.495 e. The van der Waals surface area contributed by atoms with Crippen LogP contribution in [-0.2, 0) is 11.2 Å². The fourth-order valence-corrected chi connectivity index (χ4v) is 5.42. The fourth-order valence-electron chi connectivity index (χ4n) is 3.14. The van der Waals surface area contributed by atoms with Crippen LogP contribution >= 0.6 is 43.2 Å². The van der Waals surface area contributed by atoms with E-state index in [2.05, 4.69) is 52.5 Å². The predicted molar refractivity (Wildman–Crippen MR) is 134 cm³/mol. The first kappa shape index (κ1) is 22.6. The highest BCUT2D eigenvalue weighted by Crippen LogP contribution is 2.33. The molecule has 2 heterocycles. The van der Waals surface area contributed by atoms with Crippen LogP contribution in [0.4, 0.5) is 5.69 Å². The third-order valence-corrected chi connectivity index (χ3v) is 6.76. The zero-order chi connectivity index (χ0) is 22.8. The van der Waals surface area contributed by atoms with Gasteiger partial charge in [-0.15, -0.1) is 10.2 Å². The second kappa shape index (κ2) is 9.51. The van der Waals surface area contributed by atoms with Crippen LogP contribution in [0.15, 0.2) is 45.4 Å². The van der Waals surface area contributed by atoms with E-state index in [-0.39, 0.29) is 5.91 Å². The van der Waals surface area contributed by atoms with Gasteiger partial charge in [-0.25, -0.2) is 0 Å². The molecule has 4 rings (SSSR count). The quantitative estimate of drug-likeness (QED) is 0.289. The number of amides is 1. The van der Waals surface area contributed by atoms with Crippen molar-refractivity contribution >= 4 is 65.8 Å². The van der Waals surface area contributed by atoms with Crippen molar-refractivity contribution in [1.82, 2.24) is 19.8 Å². The Labute approximate surface area is 205 Å². The Bertz CT molecular complexity index is 1350. The number of halogens is 2. The summed E-state index contributed by atoms with van der Waals surface area (Å²) in [4.78, 5) is 13.4. The van der Waals surface area contributed by atoms with Crippen LogP contribution in [0, 0.1) is 6.92 Å². The van der Waals surface area contributed by atoms with Crippen LogP contribution in [0.5, 0.6) is 5.75 Å². The Kier molecular flexibility index (Phi) is 6.73. The van der Waals surface area contributed by atoms with Gasteiger partial charge in [0.2, 0.25) is 10.9 Å². The van der Waals surface area contributed by atoms with E-state index >= 15 is 0 Å². The second-order valence-corrected chi connectivity index (χ2v) is 9.66. The van der Waals surface area contributed by atoms with Crippen LogP contribution in [0.1, 0.15) is 23.9 Å². The van der Waals surface area contributed by atoms with Crippen molar-refractivity contribution in [3.8, 4) is 16.3 Å². The molecule has 0 aliphatic carbocycles. The zero-order valence-electron chi connectivity index (χ0n) is 17.5. The molecule has 32 heavy (non-hydrogen) atoms. The molecule has 1 amide bonds. The molecule has 0 saturated heterocycles. The first-order valence-corrected chi connectivity index (χ1v) is 12.1. The van der Waals surface area contributed by atoms with E-state index in [4.69, 9.17) is 4.74 Å². The van der Waals surface area contributed by atoms with Crippen LogP contribution < -0.4 is 10.1 Å². The number of hydrogen-bond donors (Lipinski definition) is 1. The molecule has 0 bridgehead atoms. The molecule has 164 valence electrons. The van der Waals surface area contributed by atoms with Crippen LogP contribution in [-0.4, -0.2) is 32.8 Å². The van der Waals surface area contributed by atoms with Crippen LogP contribution in [0.3, 0.4) is 0 Å². The van der Waals surface area contributed by atoms with E-state index in [1.807, 2.05) is 44.2 Å². The number of methoxy groups -OCH3 is 1. The van der Waals surface area contributed by atoms with Gasteiger partial charge >= 0.3 is 0 Å². The molecule has 0 atom stereocenters. The van der Waals surface area contributed by atoms with Gasteiger partial charge in [-0.05, 0) is 52.7 Å². The largest absolute Gasteiger partial charge is 0.495 e. The third kappa shape index (κ3) is 4.62. The number of nitrogens with zero attached hydrogens (tertiary/aromatic N) is 4. The second-order valence-electron chi connectivity index (χ2n) is 6.93. The maximum absolute atomic E-state index is 12.6. The van der Waals surface area contributed by atoms with Crippen molar-refractivity contribution in [1.29, 1.82) is 0 Å². The number of nitrogens with one attached hydrogen (secondary N) is 1. The smallest absolute Gasteiger partial charge is 0.248 e. The topological polar surface area (TPSA) is 81.4 Å². The van der Waals surface area contributed by atoms with Gasteiger partial charge in [0, 0.05) is 33.8 Å². The van der Waals surface area contributed by atoms with Crippen LogP contribution in [0.2, 0.25) is 0 Å². The molecule has 0 spiro atoms. The molecule has 0 aliphatic rings. The lowest BCUT2D eigenvalue weighted by Gasteiger charge is -2.09. The molecular weight excluding hydrogens is 558 g/mol. The summed E-state index contributed by atoms with van der Waals surface area (Å²) >= 11 is 8.40. The summed E-state index contributed by atoms with van der Waals surface area (Å²) in [5, 5.41) is 16.7. The SMILES string of the molecule is CCc1nnc2sc(-c3ccc(C)c(NC(=O)C=Cc4cc(Br)cc(Br)c4OC)c3)nn12. The molecule has 0 unspecified atom stereocenters. The highest BCUT2D eigenvalue weighted by molar-refractivity contribution is 9.11. The lowest BCUT2D eigenvalue weighted by molar-refractivity contribution is -0.111. The maximum atomic E-state index is 12.6. The summed E-state index contributed by atoms with van der Waals surface area (Å²) in [6, 6.07) is 9.65. The van der Waals surface area contributed by atoms with Gasteiger partial charge in [-0.2, -0.15) is 9.61 Å². The Morgan fingerprint density at radius 3 is 2.81 bits per heavy atom. The van der Waals surface area contributed by atoms with Crippen molar-refractivity contribution in [2.24, 2.45) is 0 Å². The summed E-state index contributed by atoms with van der Waals surface area (Å²) in [6.45, 7) is 3.97. The first-order valence-electron chi connectivity index (χ1n) is 9.73. The van der Waals surface area contributed by atoms with Crippen molar-refractivity contribution in [3.05, 3.63) is 62.3 Å². The highest BCUT2D eigenvalue weighted by Gasteiger charge is 2.13. The molecule has 7 nitrogen and oxygen atoms in total. The van der Waals surface area contributed by atoms with Gasteiger partial charge in [0.25, 0.3) is 0 Å². The Morgan fingerprint density at radius 2 is 2.06 bits per heavy atom. The fraction of sp³-hybridized carbons (Fsp3) is 0.182. The minimum atomic E-state index is -0.241. The summed E-state index contributed by atoms with van der Waals surface area (Å²) in [7, 11) is 1.59. The summed E-state index contributed by atoms with van der Waals surface area (Å²) in [6.07, 6.45) is 3.96. The van der Waals surface area contributed by atoms with Crippen molar-refractivity contribution in [2.75, 3.05) is 12.4 Å². The summed E-state index contributed by atoms with van der Waals surface area (Å²) in [5.41, 5.74) is 3.36. The number of aryl methyl sites for hydroxylation is 2. The molecule has 2 aromatic heterocycles. The van der Waals surface area contributed by atoms with Gasteiger partial charge in [0.1, 0.15) is 10.8 Å². The number of carbonyl (C=O) groups is 1. The number of rotatable bonds is 6. The van der Waals surface area contributed by atoms with Gasteiger partial charge in [-0.1, -0.05) is 46.3 Å². The number of ether oxygens (including phenoxy) is 1. The van der Waals surface area contributed by atoms with Gasteiger partial charge in [0.15, 0.2) is 5.82 Å². The molecular formula is C22H19Br2N5O2S. The van der Waals surface area contributed by atoms with E-state index in [9.17, 15) is 4.79 Å². The molecule has 1 N–H and O–H groups in total. The van der Waals surface area contributed by atoms with Gasteiger partial charge < -0.3 is 10.1 Å². The Hall–Kier alpha value is -2.56.